The van der Waals surface area contributed by atoms with Gasteiger partial charge in [-0.1, -0.05) is 36.4 Å². The fourth-order valence-electron chi connectivity index (χ4n) is 3.44. The molecule has 2 aromatic rings. The lowest BCUT2D eigenvalue weighted by Crippen LogP contribution is -2.29. The van der Waals surface area contributed by atoms with Gasteiger partial charge in [-0.2, -0.15) is 0 Å². The fraction of sp³-hybridized carbons (Fsp3) is 0.350. The summed E-state index contributed by atoms with van der Waals surface area (Å²) in [7, 11) is -3.06. The van der Waals surface area contributed by atoms with E-state index in [1.54, 1.807) is 24.3 Å². The van der Waals surface area contributed by atoms with Crippen LogP contribution in [0.25, 0.3) is 0 Å². The summed E-state index contributed by atoms with van der Waals surface area (Å²) in [4.78, 5) is 12.4. The number of fused-ring (bicyclic) bond motifs is 1. The van der Waals surface area contributed by atoms with Gasteiger partial charge in [0.05, 0.1) is 5.75 Å². The van der Waals surface area contributed by atoms with Gasteiger partial charge in [-0.15, -0.1) is 0 Å². The zero-order valence-corrected chi connectivity index (χ0v) is 15.2. The highest BCUT2D eigenvalue weighted by atomic mass is 32.2. The smallest absolute Gasteiger partial charge is 0.251 e. The molecule has 1 aliphatic carbocycles. The minimum atomic E-state index is -3.06. The molecule has 0 saturated carbocycles. The molecule has 0 heterocycles. The molecule has 1 atom stereocenters. The lowest BCUT2D eigenvalue weighted by Gasteiger charge is -2.25. The number of carbonyl (C=O) groups excluding carboxylic acids is 1. The van der Waals surface area contributed by atoms with Gasteiger partial charge in [-0.3, -0.25) is 4.79 Å². The predicted molar refractivity (Wildman–Crippen MR) is 99.4 cm³/mol. The zero-order chi connectivity index (χ0) is 17.9. The van der Waals surface area contributed by atoms with Crippen molar-refractivity contribution >= 4 is 15.7 Å². The van der Waals surface area contributed by atoms with Crippen LogP contribution in [0.4, 0.5) is 0 Å². The van der Waals surface area contributed by atoms with Crippen LogP contribution in [0, 0.1) is 0 Å². The quantitative estimate of drug-likeness (QED) is 0.894. The third-order valence-electron chi connectivity index (χ3n) is 4.65. The molecule has 25 heavy (non-hydrogen) atoms. The van der Waals surface area contributed by atoms with Crippen molar-refractivity contribution in [1.29, 1.82) is 0 Å². The maximum absolute atomic E-state index is 12.4. The summed E-state index contributed by atoms with van der Waals surface area (Å²) < 4.78 is 22.6. The normalized spacial score (nSPS) is 16.9. The van der Waals surface area contributed by atoms with E-state index in [0.717, 1.165) is 19.3 Å². The summed E-state index contributed by atoms with van der Waals surface area (Å²) in [5.41, 5.74) is 3.98. The molecule has 2 aromatic carbocycles. The van der Waals surface area contributed by atoms with Crippen molar-refractivity contribution in [2.75, 3.05) is 12.8 Å². The number of rotatable bonds is 5. The first-order valence-electron chi connectivity index (χ1n) is 8.55. The number of hydrogen-bond donors (Lipinski definition) is 1. The Kier molecular flexibility index (Phi) is 5.23. The summed E-state index contributed by atoms with van der Waals surface area (Å²) in [6.45, 7) is 0.626. The zero-order valence-electron chi connectivity index (χ0n) is 14.4. The summed E-state index contributed by atoms with van der Waals surface area (Å²) in [6, 6.07) is 15.2. The second-order valence-electron chi connectivity index (χ2n) is 6.77. The molecule has 0 radical (unpaired) electrons. The topological polar surface area (TPSA) is 63.2 Å². The largest absolute Gasteiger partial charge is 0.351 e. The van der Waals surface area contributed by atoms with Crippen LogP contribution >= 0.6 is 0 Å². The number of hydrogen-bond acceptors (Lipinski definition) is 3. The average molecular weight is 357 g/mol. The van der Waals surface area contributed by atoms with Gasteiger partial charge < -0.3 is 5.32 Å². The molecule has 0 spiro atoms. The molecule has 0 bridgehead atoms. The molecule has 0 saturated heterocycles. The van der Waals surface area contributed by atoms with Crippen LogP contribution in [0.15, 0.2) is 48.5 Å². The van der Waals surface area contributed by atoms with Crippen molar-refractivity contribution in [1.82, 2.24) is 5.32 Å². The first-order valence-corrected chi connectivity index (χ1v) is 10.6. The summed E-state index contributed by atoms with van der Waals surface area (Å²) in [6.07, 6.45) is 4.56. The predicted octanol–water partition coefficient (Wildman–Crippen LogP) is 3.08. The molecule has 132 valence electrons. The standard InChI is InChI=1S/C20H23NO3S/c1-25(23,24)14-15-9-11-17(12-10-15)20(22)21-13-18-7-4-6-16-5-2-3-8-19(16)18/h2-3,5,8-12,18H,4,6-7,13-14H2,1H3,(H,21,22)/t18-/m0/s1. The van der Waals surface area contributed by atoms with Gasteiger partial charge in [0.2, 0.25) is 0 Å². The average Bonchev–Trinajstić information content (AvgIpc) is 2.59. The Bertz CT molecular complexity index is 857. The Morgan fingerprint density at radius 1 is 1.12 bits per heavy atom. The van der Waals surface area contributed by atoms with Crippen LogP contribution in [0.2, 0.25) is 0 Å². The fourth-order valence-corrected chi connectivity index (χ4v) is 4.24. The van der Waals surface area contributed by atoms with Crippen LogP contribution in [0.5, 0.6) is 0 Å². The van der Waals surface area contributed by atoms with E-state index in [1.165, 1.54) is 17.4 Å². The number of aryl methyl sites for hydroxylation is 1. The minimum absolute atomic E-state index is 0.00619. The van der Waals surface area contributed by atoms with Gasteiger partial charge in [0.25, 0.3) is 5.91 Å². The molecular formula is C20H23NO3S. The van der Waals surface area contributed by atoms with Gasteiger partial charge in [-0.25, -0.2) is 8.42 Å². The Morgan fingerprint density at radius 3 is 2.56 bits per heavy atom. The van der Waals surface area contributed by atoms with Crippen molar-refractivity contribution in [3.8, 4) is 0 Å². The van der Waals surface area contributed by atoms with Crippen molar-refractivity contribution < 1.29 is 13.2 Å². The number of sulfone groups is 1. The van der Waals surface area contributed by atoms with Crippen molar-refractivity contribution in [3.05, 3.63) is 70.8 Å². The van der Waals surface area contributed by atoms with E-state index in [4.69, 9.17) is 0 Å². The Hall–Kier alpha value is -2.14. The second kappa shape index (κ2) is 7.40. The van der Waals surface area contributed by atoms with Crippen LogP contribution in [0.3, 0.4) is 0 Å². The first kappa shape index (κ1) is 17.7. The highest BCUT2D eigenvalue weighted by molar-refractivity contribution is 7.89. The molecule has 0 fully saturated rings. The van der Waals surface area contributed by atoms with Crippen molar-refractivity contribution in [3.63, 3.8) is 0 Å². The highest BCUT2D eigenvalue weighted by Gasteiger charge is 2.20. The monoisotopic (exact) mass is 357 g/mol. The van der Waals surface area contributed by atoms with E-state index in [0.29, 0.717) is 23.6 Å². The van der Waals surface area contributed by atoms with E-state index in [9.17, 15) is 13.2 Å². The van der Waals surface area contributed by atoms with E-state index >= 15 is 0 Å². The van der Waals surface area contributed by atoms with Crippen LogP contribution < -0.4 is 5.32 Å². The van der Waals surface area contributed by atoms with Gasteiger partial charge in [0.1, 0.15) is 0 Å². The van der Waals surface area contributed by atoms with Crippen LogP contribution in [-0.2, 0) is 22.0 Å². The van der Waals surface area contributed by atoms with Gasteiger partial charge >= 0.3 is 0 Å². The maximum Gasteiger partial charge on any atom is 0.251 e. The molecule has 0 unspecified atom stereocenters. The number of amides is 1. The van der Waals surface area contributed by atoms with Crippen molar-refractivity contribution in [2.24, 2.45) is 0 Å². The van der Waals surface area contributed by atoms with E-state index in [-0.39, 0.29) is 11.7 Å². The van der Waals surface area contributed by atoms with Gasteiger partial charge in [0.15, 0.2) is 9.84 Å². The van der Waals surface area contributed by atoms with E-state index in [1.807, 2.05) is 0 Å². The molecule has 4 nitrogen and oxygen atoms in total. The van der Waals surface area contributed by atoms with Crippen LogP contribution in [-0.4, -0.2) is 27.1 Å². The van der Waals surface area contributed by atoms with Gasteiger partial charge in [-0.05, 0) is 48.1 Å². The Balaban J connectivity index is 1.62. The molecule has 0 aliphatic heterocycles. The number of benzene rings is 2. The van der Waals surface area contributed by atoms with E-state index in [2.05, 4.69) is 29.6 Å². The van der Waals surface area contributed by atoms with Crippen molar-refractivity contribution in [2.45, 2.75) is 30.9 Å². The second-order valence-corrected chi connectivity index (χ2v) is 8.91. The number of carbonyl (C=O) groups is 1. The highest BCUT2D eigenvalue weighted by Crippen LogP contribution is 2.30. The lowest BCUT2D eigenvalue weighted by atomic mass is 9.83. The number of nitrogens with one attached hydrogen (secondary N) is 1. The van der Waals surface area contributed by atoms with Crippen LogP contribution in [0.1, 0.15) is 45.8 Å². The molecule has 5 heteroatoms. The molecule has 1 amide bonds. The Morgan fingerprint density at radius 2 is 1.84 bits per heavy atom. The SMILES string of the molecule is CS(=O)(=O)Cc1ccc(C(=O)NC[C@@H]2CCCc3ccccc32)cc1. The minimum Gasteiger partial charge on any atom is -0.351 e. The molecule has 1 N–H and O–H groups in total. The molecule has 0 aromatic heterocycles. The Labute approximate surface area is 149 Å². The summed E-state index contributed by atoms with van der Waals surface area (Å²) >= 11 is 0. The third kappa shape index (κ3) is 4.69. The first-order chi connectivity index (χ1) is 11.9. The molecular weight excluding hydrogens is 334 g/mol. The summed E-state index contributed by atoms with van der Waals surface area (Å²) in [5, 5.41) is 3.02. The van der Waals surface area contributed by atoms with E-state index < -0.39 is 9.84 Å². The maximum atomic E-state index is 12.4. The van der Waals surface area contributed by atoms with Gasteiger partial charge in [0, 0.05) is 24.3 Å². The molecule has 1 aliphatic rings. The lowest BCUT2D eigenvalue weighted by molar-refractivity contribution is 0.0950. The molecule has 3 rings (SSSR count). The summed E-state index contributed by atoms with van der Waals surface area (Å²) in [5.74, 6) is 0.237. The third-order valence-corrected chi connectivity index (χ3v) is 5.51.